The zero-order valence-corrected chi connectivity index (χ0v) is 12.6. The number of hydrazone groups is 1. The summed E-state index contributed by atoms with van der Waals surface area (Å²) < 4.78 is 5.15. The van der Waals surface area contributed by atoms with Gasteiger partial charge in [-0.15, -0.1) is 0 Å². The number of anilines is 2. The summed E-state index contributed by atoms with van der Waals surface area (Å²) in [5.41, 5.74) is 2.45. The summed E-state index contributed by atoms with van der Waals surface area (Å²) in [6.45, 7) is 2.01. The van der Waals surface area contributed by atoms with Gasteiger partial charge in [0.25, 0.3) is 0 Å². The largest absolute Gasteiger partial charge is 0.444 e. The molecule has 0 atom stereocenters. The van der Waals surface area contributed by atoms with E-state index in [4.69, 9.17) is 16.4 Å². The van der Waals surface area contributed by atoms with Crippen LogP contribution in [0.5, 0.6) is 0 Å². The fourth-order valence-corrected chi connectivity index (χ4v) is 1.78. The molecular weight excluding hydrogens is 296 g/mol. The highest BCUT2D eigenvalue weighted by molar-refractivity contribution is 5.83. The molecule has 0 bridgehead atoms. The summed E-state index contributed by atoms with van der Waals surface area (Å²) >= 11 is 0. The van der Waals surface area contributed by atoms with Gasteiger partial charge in [0.2, 0.25) is 0 Å². The minimum Gasteiger partial charge on any atom is -0.444 e. The Morgan fingerprint density at radius 1 is 1.43 bits per heavy atom. The number of hydrogen-bond donors (Lipinski definition) is 3. The average Bonchev–Trinajstić information content (AvgIpc) is 2.56. The van der Waals surface area contributed by atoms with Crippen molar-refractivity contribution >= 4 is 23.9 Å². The van der Waals surface area contributed by atoms with Gasteiger partial charge in [-0.05, 0) is 36.2 Å². The molecule has 120 valence electrons. The molecule has 0 aliphatic carbocycles. The molecule has 0 saturated carbocycles. The van der Waals surface area contributed by atoms with E-state index in [1.165, 1.54) is 11.3 Å². The Balaban J connectivity index is 1.91. The fourth-order valence-electron chi connectivity index (χ4n) is 1.78. The minimum atomic E-state index is -0.583. The predicted octanol–water partition coefficient (Wildman–Crippen LogP) is 1.72. The number of pyridine rings is 1. The second-order valence-electron chi connectivity index (χ2n) is 4.76. The molecule has 1 aromatic carbocycles. The van der Waals surface area contributed by atoms with Crippen molar-refractivity contribution in [3.05, 3.63) is 53.7 Å². The van der Waals surface area contributed by atoms with Gasteiger partial charge in [0.15, 0.2) is 0 Å². The van der Waals surface area contributed by atoms with E-state index >= 15 is 0 Å². The number of hydrazine groups is 1. The number of nitrogens with one attached hydrogen (secondary N) is 1. The molecule has 0 aliphatic heterocycles. The number of benzene rings is 1. The van der Waals surface area contributed by atoms with Crippen LogP contribution in [0.2, 0.25) is 0 Å². The molecule has 0 fully saturated rings. The summed E-state index contributed by atoms with van der Waals surface area (Å²) in [6, 6.07) is 10.7. The van der Waals surface area contributed by atoms with Crippen molar-refractivity contribution in [2.75, 3.05) is 10.3 Å². The summed E-state index contributed by atoms with van der Waals surface area (Å²) in [7, 11) is 0. The lowest BCUT2D eigenvalue weighted by molar-refractivity contribution is 0.155. The number of nitrogens with two attached hydrogens (primary N) is 2. The summed E-state index contributed by atoms with van der Waals surface area (Å²) in [5, 5.41) is 7.16. The van der Waals surface area contributed by atoms with Crippen molar-refractivity contribution in [2.45, 2.75) is 13.5 Å². The minimum absolute atomic E-state index is 0.0964. The number of carbonyl (C=O) groups is 1. The van der Waals surface area contributed by atoms with Gasteiger partial charge in [0, 0.05) is 6.20 Å². The van der Waals surface area contributed by atoms with E-state index < -0.39 is 6.09 Å². The first-order valence-electron chi connectivity index (χ1n) is 6.81. The maximum absolute atomic E-state index is 11.7. The van der Waals surface area contributed by atoms with E-state index in [1.54, 1.807) is 30.5 Å². The van der Waals surface area contributed by atoms with Gasteiger partial charge in [-0.25, -0.2) is 15.6 Å². The number of nitrogens with zero attached hydrogens (tertiary/aromatic N) is 3. The van der Waals surface area contributed by atoms with Gasteiger partial charge < -0.3 is 10.6 Å². The second kappa shape index (κ2) is 7.76. The molecule has 2 aromatic rings. The Morgan fingerprint density at radius 3 is 2.96 bits per heavy atom. The lowest BCUT2D eigenvalue weighted by atomic mass is 10.2. The highest BCUT2D eigenvalue weighted by atomic mass is 16.5. The molecule has 1 aromatic heterocycles. The van der Waals surface area contributed by atoms with Crippen molar-refractivity contribution in [3.8, 4) is 0 Å². The van der Waals surface area contributed by atoms with Gasteiger partial charge in [0.1, 0.15) is 18.8 Å². The van der Waals surface area contributed by atoms with E-state index in [2.05, 4.69) is 15.4 Å². The third-order valence-electron chi connectivity index (χ3n) is 2.91. The predicted molar refractivity (Wildman–Crippen MR) is 88.6 cm³/mol. The third-order valence-corrected chi connectivity index (χ3v) is 2.91. The number of aryl methyl sites for hydroxylation is 1. The van der Waals surface area contributed by atoms with Crippen LogP contribution in [0.15, 0.2) is 47.7 Å². The Morgan fingerprint density at radius 2 is 2.26 bits per heavy atom. The lowest BCUT2D eigenvalue weighted by Crippen LogP contribution is -2.29. The van der Waals surface area contributed by atoms with Crippen LogP contribution in [0.25, 0.3) is 0 Å². The normalized spacial score (nSPS) is 10.5. The molecule has 23 heavy (non-hydrogen) atoms. The Labute approximate surface area is 133 Å². The molecule has 1 amide bonds. The highest BCUT2D eigenvalue weighted by Gasteiger charge is 2.06. The Bertz CT molecular complexity index is 687. The van der Waals surface area contributed by atoms with E-state index in [0.29, 0.717) is 11.5 Å². The molecule has 1 heterocycles. The molecule has 5 N–H and O–H groups in total. The van der Waals surface area contributed by atoms with Crippen molar-refractivity contribution in [2.24, 2.45) is 16.8 Å². The zero-order chi connectivity index (χ0) is 16.7. The first-order valence-corrected chi connectivity index (χ1v) is 6.81. The van der Waals surface area contributed by atoms with Gasteiger partial charge >= 0.3 is 6.09 Å². The molecule has 2 rings (SSSR count). The van der Waals surface area contributed by atoms with Crippen LogP contribution in [0.1, 0.15) is 11.1 Å². The van der Waals surface area contributed by atoms with Gasteiger partial charge in [-0.3, -0.25) is 10.3 Å². The number of hydrogen-bond acceptors (Lipinski definition) is 6. The van der Waals surface area contributed by atoms with Crippen LogP contribution in [0.3, 0.4) is 0 Å². The van der Waals surface area contributed by atoms with Gasteiger partial charge in [-0.1, -0.05) is 18.2 Å². The highest BCUT2D eigenvalue weighted by Crippen LogP contribution is 2.14. The van der Waals surface area contributed by atoms with Crippen LogP contribution in [0, 0.1) is 6.92 Å². The first kappa shape index (κ1) is 16.2. The molecule has 0 unspecified atom stereocenters. The maximum atomic E-state index is 11.7. The maximum Gasteiger partial charge on any atom is 0.413 e. The van der Waals surface area contributed by atoms with E-state index in [9.17, 15) is 4.79 Å². The van der Waals surface area contributed by atoms with Crippen LogP contribution in [-0.2, 0) is 11.3 Å². The fraction of sp³-hybridized carbons (Fsp3) is 0.133. The van der Waals surface area contributed by atoms with Crippen LogP contribution >= 0.6 is 0 Å². The average molecular weight is 314 g/mol. The summed E-state index contributed by atoms with van der Waals surface area (Å²) in [6.07, 6.45) is 2.35. The molecule has 0 radical (unpaired) electrons. The molecule has 8 nitrogen and oxygen atoms in total. The number of aromatic nitrogens is 1. The number of carbonyl (C=O) groups excluding carboxylic acids is 1. The van der Waals surface area contributed by atoms with E-state index in [0.717, 1.165) is 11.1 Å². The molecule has 0 saturated heterocycles. The monoisotopic (exact) mass is 314 g/mol. The van der Waals surface area contributed by atoms with Gasteiger partial charge in [0.05, 0.1) is 5.69 Å². The lowest BCUT2D eigenvalue weighted by Gasteiger charge is -2.13. The van der Waals surface area contributed by atoms with Crippen LogP contribution in [-0.4, -0.2) is 17.4 Å². The number of rotatable bonds is 5. The summed E-state index contributed by atoms with van der Waals surface area (Å²) in [5.74, 6) is 11.2. The Kier molecular flexibility index (Phi) is 5.48. The smallest absolute Gasteiger partial charge is 0.413 e. The Hall–Kier alpha value is -3.13. The number of ether oxygens (including phenoxy) is 1. The molecule has 0 aliphatic rings. The summed E-state index contributed by atoms with van der Waals surface area (Å²) in [4.78, 5) is 15.8. The van der Waals surface area contributed by atoms with Crippen molar-refractivity contribution in [1.82, 2.24) is 4.98 Å². The number of amides is 1. The molecular formula is C15H18N6O2. The van der Waals surface area contributed by atoms with Crippen molar-refractivity contribution < 1.29 is 9.53 Å². The topological polar surface area (TPSA) is 119 Å². The van der Waals surface area contributed by atoms with Crippen LogP contribution in [0.4, 0.5) is 16.3 Å². The quantitative estimate of drug-likeness (QED) is 0.334. The molecule has 8 heteroatoms. The van der Waals surface area contributed by atoms with Crippen molar-refractivity contribution in [1.29, 1.82) is 0 Å². The SMILES string of the molecule is Cc1ccc(NC(=O)OCc2cccc(N(N)/C=N\N)c2)nc1. The first-order chi connectivity index (χ1) is 11.1. The second-order valence-corrected chi connectivity index (χ2v) is 4.76. The third kappa shape index (κ3) is 4.97. The van der Waals surface area contributed by atoms with Crippen LogP contribution < -0.4 is 22.0 Å². The van der Waals surface area contributed by atoms with Gasteiger partial charge in [-0.2, -0.15) is 5.10 Å². The molecule has 0 spiro atoms. The van der Waals surface area contributed by atoms with E-state index in [-0.39, 0.29) is 6.61 Å². The standard InChI is InChI=1S/C15H18N6O2/c1-11-5-6-14(18-8-11)20-15(22)23-9-12-3-2-4-13(7-12)21(17)10-19-16/h2-8,10H,9,16-17H2,1H3,(H,18,20,22)/b19-10-. The van der Waals surface area contributed by atoms with E-state index in [1.807, 2.05) is 19.1 Å². The van der Waals surface area contributed by atoms with Crippen molar-refractivity contribution in [3.63, 3.8) is 0 Å². The zero-order valence-electron chi connectivity index (χ0n) is 12.6.